The second-order valence-electron chi connectivity index (χ2n) is 11.2. The molecule has 0 spiro atoms. The highest BCUT2D eigenvalue weighted by Gasteiger charge is 2.35. The van der Waals surface area contributed by atoms with E-state index in [1.54, 1.807) is 24.0 Å². The van der Waals surface area contributed by atoms with Crippen LogP contribution in [0.1, 0.15) is 38.2 Å². The summed E-state index contributed by atoms with van der Waals surface area (Å²) in [5.74, 6) is -0.599. The lowest BCUT2D eigenvalue weighted by atomic mass is 9.99. The summed E-state index contributed by atoms with van der Waals surface area (Å²) in [5, 5.41) is 15.5. The molecule has 0 saturated carbocycles. The van der Waals surface area contributed by atoms with Gasteiger partial charge in [0.25, 0.3) is 0 Å². The molecule has 0 aliphatic carbocycles. The lowest BCUT2D eigenvalue weighted by molar-refractivity contribution is -0.134. The first-order chi connectivity index (χ1) is 20.2. The molecule has 2 unspecified atom stereocenters. The number of likely N-dealkylation sites (tertiary alicyclic amines) is 1. The molecule has 2 saturated heterocycles. The number of hydrogen-bond donors (Lipinski definition) is 4. The van der Waals surface area contributed by atoms with Crippen LogP contribution in [0.15, 0.2) is 36.4 Å². The summed E-state index contributed by atoms with van der Waals surface area (Å²) in [5.41, 5.74) is 3.14. The predicted octanol–water partition coefficient (Wildman–Crippen LogP) is 4.74. The molecule has 4 aromatic rings. The van der Waals surface area contributed by atoms with Crippen LogP contribution in [-0.4, -0.2) is 73.9 Å². The van der Waals surface area contributed by atoms with Crippen molar-refractivity contribution < 1.29 is 27.9 Å². The number of nitrogens with zero attached hydrogens (tertiary/aromatic N) is 3. The van der Waals surface area contributed by atoms with Gasteiger partial charge in [-0.15, -0.1) is 0 Å². The Kier molecular flexibility index (Phi) is 7.56. The quantitative estimate of drug-likeness (QED) is 0.240. The van der Waals surface area contributed by atoms with E-state index in [1.807, 2.05) is 4.57 Å². The van der Waals surface area contributed by atoms with E-state index in [4.69, 9.17) is 4.98 Å². The van der Waals surface area contributed by atoms with Gasteiger partial charge in [-0.05, 0) is 68.0 Å². The van der Waals surface area contributed by atoms with E-state index in [0.717, 1.165) is 17.4 Å². The lowest BCUT2D eigenvalue weighted by Crippen LogP contribution is -2.49. The molecule has 4 heterocycles. The van der Waals surface area contributed by atoms with E-state index in [2.05, 4.69) is 15.6 Å². The summed E-state index contributed by atoms with van der Waals surface area (Å²) >= 11 is 0. The van der Waals surface area contributed by atoms with Gasteiger partial charge in [-0.1, -0.05) is 6.92 Å². The molecule has 2 aromatic heterocycles. The normalized spacial score (nSPS) is 21.4. The number of alkyl halides is 1. The number of imidazole rings is 1. The Morgan fingerprint density at radius 2 is 1.98 bits per heavy atom. The van der Waals surface area contributed by atoms with Crippen LogP contribution in [0.3, 0.4) is 0 Å². The van der Waals surface area contributed by atoms with Crippen LogP contribution < -0.4 is 10.6 Å². The molecule has 42 heavy (non-hydrogen) atoms. The number of aromatic nitrogens is 3. The maximum absolute atomic E-state index is 14.3. The van der Waals surface area contributed by atoms with Gasteiger partial charge in [0.2, 0.25) is 5.91 Å². The number of carboxylic acid groups (broad SMARTS) is 1. The number of H-pyrrole nitrogens is 1. The maximum Gasteiger partial charge on any atom is 0.405 e. The number of carbonyl (C=O) groups excluding carboxylic acids is 1. The van der Waals surface area contributed by atoms with Crippen molar-refractivity contribution in [2.75, 3.05) is 13.1 Å². The van der Waals surface area contributed by atoms with Crippen molar-refractivity contribution in [3.63, 3.8) is 0 Å². The highest BCUT2D eigenvalue weighted by atomic mass is 19.1. The largest absolute Gasteiger partial charge is 0.465 e. The summed E-state index contributed by atoms with van der Waals surface area (Å²) in [6, 6.07) is 7.64. The molecular formula is C30H33F3N6O3. The van der Waals surface area contributed by atoms with E-state index in [1.165, 1.54) is 24.3 Å². The van der Waals surface area contributed by atoms with Crippen molar-refractivity contribution in [2.45, 2.75) is 69.9 Å². The van der Waals surface area contributed by atoms with Crippen molar-refractivity contribution in [3.8, 4) is 11.5 Å². The average Bonchev–Trinajstić information content (AvgIpc) is 3.73. The number of fused-ring (bicyclic) bond motifs is 2. The maximum atomic E-state index is 14.3. The smallest absolute Gasteiger partial charge is 0.405 e. The summed E-state index contributed by atoms with van der Waals surface area (Å²) in [7, 11) is 0. The first-order valence-corrected chi connectivity index (χ1v) is 14.4. The standard InChI is InChI=1S/C30H33F3N6O3/c1-2-23(37-30(41)42)29(40)38-9-3-4-20(38)13-22-21-7-5-16(31)11-24(21)35-27(22)28-36-25-12-17(32)6-8-26(25)39(28)15-19-10-18(33)14-34-19/h5-8,11-12,18-20,23,34-35,37H,2-4,9-10,13-15H2,1H3,(H,41,42)/t18-,19-,20?,23?/m0/s1. The molecule has 2 aromatic carbocycles. The summed E-state index contributed by atoms with van der Waals surface area (Å²) < 4.78 is 44.6. The molecule has 0 bridgehead atoms. The number of benzene rings is 2. The van der Waals surface area contributed by atoms with Crippen LogP contribution in [-0.2, 0) is 17.8 Å². The lowest BCUT2D eigenvalue weighted by Gasteiger charge is -2.28. The minimum atomic E-state index is -1.25. The monoisotopic (exact) mass is 582 g/mol. The van der Waals surface area contributed by atoms with Crippen LogP contribution in [0.4, 0.5) is 18.0 Å². The second-order valence-corrected chi connectivity index (χ2v) is 11.2. The van der Waals surface area contributed by atoms with Crippen molar-refractivity contribution in [2.24, 2.45) is 0 Å². The van der Waals surface area contributed by atoms with Gasteiger partial charge < -0.3 is 30.2 Å². The third-order valence-electron chi connectivity index (χ3n) is 8.48. The highest BCUT2D eigenvalue weighted by molar-refractivity contribution is 5.92. The molecule has 2 aliphatic heterocycles. The zero-order chi connectivity index (χ0) is 29.5. The second kappa shape index (κ2) is 11.3. The van der Waals surface area contributed by atoms with E-state index in [9.17, 15) is 27.9 Å². The summed E-state index contributed by atoms with van der Waals surface area (Å²) in [6.45, 7) is 2.92. The SMILES string of the molecule is CCC(NC(=O)O)C(=O)N1CCCC1Cc1c(-c2nc3cc(F)ccc3n2C[C@@H]2C[C@H](F)CN2)[nH]c2cc(F)ccc12. The Bertz CT molecular complexity index is 1650. The first kappa shape index (κ1) is 28.1. The van der Waals surface area contributed by atoms with Crippen LogP contribution in [0.2, 0.25) is 0 Å². The third-order valence-corrected chi connectivity index (χ3v) is 8.48. The Morgan fingerprint density at radius 1 is 1.19 bits per heavy atom. The van der Waals surface area contributed by atoms with E-state index >= 15 is 0 Å². The van der Waals surface area contributed by atoms with Gasteiger partial charge in [-0.25, -0.2) is 22.9 Å². The van der Waals surface area contributed by atoms with Gasteiger partial charge in [-0.2, -0.15) is 0 Å². The third kappa shape index (κ3) is 5.31. The number of nitrogens with one attached hydrogen (secondary N) is 3. The zero-order valence-electron chi connectivity index (χ0n) is 23.2. The van der Waals surface area contributed by atoms with E-state index in [0.29, 0.717) is 66.8 Å². The topological polar surface area (TPSA) is 115 Å². The van der Waals surface area contributed by atoms with Crippen molar-refractivity contribution in [3.05, 3.63) is 53.6 Å². The Hall–Kier alpha value is -4.06. The van der Waals surface area contributed by atoms with Crippen LogP contribution in [0, 0.1) is 11.6 Å². The molecule has 9 nitrogen and oxygen atoms in total. The van der Waals surface area contributed by atoms with E-state index in [-0.39, 0.29) is 24.5 Å². The molecule has 12 heteroatoms. The zero-order valence-corrected chi connectivity index (χ0v) is 23.2. The van der Waals surface area contributed by atoms with E-state index < -0.39 is 29.9 Å². The minimum Gasteiger partial charge on any atom is -0.465 e. The molecule has 2 aliphatic rings. The van der Waals surface area contributed by atoms with Gasteiger partial charge in [0.05, 0.1) is 16.7 Å². The Labute approximate surface area is 240 Å². The highest BCUT2D eigenvalue weighted by Crippen LogP contribution is 2.36. The van der Waals surface area contributed by atoms with Crippen LogP contribution >= 0.6 is 0 Å². The van der Waals surface area contributed by atoms with Gasteiger partial charge >= 0.3 is 6.09 Å². The number of rotatable bonds is 8. The average molecular weight is 583 g/mol. The van der Waals surface area contributed by atoms with Crippen LogP contribution in [0.5, 0.6) is 0 Å². The molecular weight excluding hydrogens is 549 g/mol. The number of aromatic amines is 1. The minimum absolute atomic E-state index is 0.151. The fourth-order valence-electron chi connectivity index (χ4n) is 6.50. The molecule has 4 N–H and O–H groups in total. The van der Waals surface area contributed by atoms with Gasteiger partial charge in [0.15, 0.2) is 5.82 Å². The number of hydrogen-bond acceptors (Lipinski definition) is 4. The molecule has 6 rings (SSSR count). The Balaban J connectivity index is 1.44. The molecule has 222 valence electrons. The number of carbonyl (C=O) groups is 2. The number of halogens is 3. The van der Waals surface area contributed by atoms with Gasteiger partial charge in [-0.3, -0.25) is 4.79 Å². The molecule has 4 atom stereocenters. The van der Waals surface area contributed by atoms with Gasteiger partial charge in [0.1, 0.15) is 23.8 Å². The Morgan fingerprint density at radius 3 is 2.71 bits per heavy atom. The molecule has 2 fully saturated rings. The fraction of sp³-hybridized carbons (Fsp3) is 0.433. The van der Waals surface area contributed by atoms with Crippen molar-refractivity contribution >= 4 is 33.9 Å². The molecule has 2 amide bonds. The summed E-state index contributed by atoms with van der Waals surface area (Å²) in [6.07, 6.45) is 0.357. The number of amides is 2. The van der Waals surface area contributed by atoms with Crippen molar-refractivity contribution in [1.29, 1.82) is 0 Å². The summed E-state index contributed by atoms with van der Waals surface area (Å²) in [4.78, 5) is 34.6. The van der Waals surface area contributed by atoms with Crippen molar-refractivity contribution in [1.82, 2.24) is 30.1 Å². The molecule has 0 radical (unpaired) electrons. The van der Waals surface area contributed by atoms with Gasteiger partial charge in [0, 0.05) is 48.7 Å². The fourth-order valence-corrected chi connectivity index (χ4v) is 6.50. The first-order valence-electron chi connectivity index (χ1n) is 14.4. The predicted molar refractivity (Wildman–Crippen MR) is 152 cm³/mol. The van der Waals surface area contributed by atoms with Crippen LogP contribution in [0.25, 0.3) is 33.5 Å².